The van der Waals surface area contributed by atoms with E-state index in [1.807, 2.05) is 4.90 Å². The first-order chi connectivity index (χ1) is 18.2. The van der Waals surface area contributed by atoms with E-state index >= 15 is 0 Å². The van der Waals surface area contributed by atoms with E-state index < -0.39 is 72.8 Å². The Balaban J connectivity index is 0.00000370. The molecule has 0 spiro atoms. The molecule has 0 saturated carbocycles. The van der Waals surface area contributed by atoms with Crippen molar-refractivity contribution in [1.29, 1.82) is 0 Å². The molecule has 40 heavy (non-hydrogen) atoms. The van der Waals surface area contributed by atoms with Crippen LogP contribution >= 0.6 is 35.8 Å². The zero-order chi connectivity index (χ0) is 28.5. The van der Waals surface area contributed by atoms with Gasteiger partial charge in [0.05, 0.1) is 6.34 Å². The molecule has 5 aliphatic heterocycles. The summed E-state index contributed by atoms with van der Waals surface area (Å²) < 4.78 is 34.8. The second kappa shape index (κ2) is 10.8. The van der Waals surface area contributed by atoms with Crippen molar-refractivity contribution in [2.45, 2.75) is 97.1 Å². The third-order valence-electron chi connectivity index (χ3n) is 8.30. The summed E-state index contributed by atoms with van der Waals surface area (Å²) in [5, 5.41) is -2.32. The Labute approximate surface area is 248 Å². The highest BCUT2D eigenvalue weighted by Gasteiger charge is 2.72. The van der Waals surface area contributed by atoms with Gasteiger partial charge in [0.25, 0.3) is 5.91 Å². The Morgan fingerprint density at radius 3 is 2.17 bits per heavy atom. The second-order valence-electron chi connectivity index (χ2n) is 11.6. The Morgan fingerprint density at radius 1 is 1.00 bits per heavy atom. The highest BCUT2D eigenvalue weighted by atomic mass is 35.5. The quantitative estimate of drug-likeness (QED) is 0.104. The van der Waals surface area contributed by atoms with Crippen molar-refractivity contribution < 1.29 is 37.1 Å². The number of β-lactam (4-membered cyclic amide) rings is 2. The fourth-order valence-electron chi connectivity index (χ4n) is 6.03. The van der Waals surface area contributed by atoms with E-state index in [1.54, 1.807) is 20.2 Å². The predicted octanol–water partition coefficient (Wildman–Crippen LogP) is 1.14. The number of ether oxygens (including phenoxy) is 2. The van der Waals surface area contributed by atoms with E-state index in [1.165, 1.54) is 30.5 Å². The molecule has 6 atom stereocenters. The molecule has 0 unspecified atom stereocenters. The van der Waals surface area contributed by atoms with Crippen molar-refractivity contribution in [2.75, 3.05) is 19.9 Å². The van der Waals surface area contributed by atoms with Crippen LogP contribution in [0.1, 0.15) is 53.4 Å². The van der Waals surface area contributed by atoms with Crippen molar-refractivity contribution in [2.24, 2.45) is 4.99 Å². The summed E-state index contributed by atoms with van der Waals surface area (Å²) in [7, 11) is -3.98. The van der Waals surface area contributed by atoms with Gasteiger partial charge in [-0.3, -0.25) is 14.6 Å². The number of alkyl halides is 1. The lowest BCUT2D eigenvalue weighted by molar-refractivity contribution is -0.180. The molecule has 5 heterocycles. The van der Waals surface area contributed by atoms with Crippen LogP contribution in [0, 0.1) is 0 Å². The predicted molar refractivity (Wildman–Crippen MR) is 150 cm³/mol. The smallest absolute Gasteiger partial charge is 0.333 e. The van der Waals surface area contributed by atoms with E-state index in [-0.39, 0.29) is 23.7 Å². The first-order valence-corrected chi connectivity index (χ1v) is 15.9. The number of rotatable bonds is 6. The fourth-order valence-corrected chi connectivity index (χ4v) is 10.1. The molecule has 0 aromatic heterocycles. The summed E-state index contributed by atoms with van der Waals surface area (Å²) in [5.74, 6) is -2.70. The molecule has 0 N–H and O–H groups in total. The molecule has 0 bridgehead atoms. The topological polar surface area (TPSA) is 143 Å². The average Bonchev–Trinajstić information content (AvgIpc) is 3.04. The Kier molecular flexibility index (Phi) is 8.43. The van der Waals surface area contributed by atoms with Crippen LogP contribution in [-0.2, 0) is 38.5 Å². The van der Waals surface area contributed by atoms with E-state index in [4.69, 9.17) is 21.1 Å². The molecule has 5 saturated heterocycles. The van der Waals surface area contributed by atoms with Gasteiger partial charge in [0, 0.05) is 17.8 Å². The van der Waals surface area contributed by atoms with E-state index in [9.17, 15) is 27.6 Å². The van der Waals surface area contributed by atoms with Crippen LogP contribution in [0.15, 0.2) is 4.99 Å². The number of aliphatic imine (C=N–C) groups is 1. The number of halogens is 2. The summed E-state index contributed by atoms with van der Waals surface area (Å²) in [6.45, 7) is 7.12. The maximum Gasteiger partial charge on any atom is 0.333 e. The third-order valence-corrected chi connectivity index (χ3v) is 13.3. The van der Waals surface area contributed by atoms with Crippen LogP contribution in [0.4, 0.5) is 0 Å². The lowest BCUT2D eigenvalue weighted by Crippen LogP contribution is -2.66. The monoisotopic (exact) mass is 640 g/mol. The van der Waals surface area contributed by atoms with Gasteiger partial charge < -0.3 is 24.2 Å². The van der Waals surface area contributed by atoms with E-state index in [0.29, 0.717) is 0 Å². The van der Waals surface area contributed by atoms with Gasteiger partial charge >= 0.3 is 11.9 Å². The molecule has 12 nitrogen and oxygen atoms in total. The number of thioether (sulfide) groups is 1. The maximum absolute atomic E-state index is 13.4. The highest BCUT2D eigenvalue weighted by Crippen LogP contribution is 2.52. The number of hydrogen-bond donors (Lipinski definition) is 0. The number of fused-ring (bicyclic) bond motifs is 2. The Hall–Kier alpha value is -1.77. The van der Waals surface area contributed by atoms with Crippen LogP contribution < -0.4 is 0 Å². The molecule has 5 aliphatic rings. The Bertz CT molecular complexity index is 1220. The molecule has 0 aliphatic carbocycles. The van der Waals surface area contributed by atoms with Gasteiger partial charge in [-0.25, -0.2) is 18.0 Å². The van der Waals surface area contributed by atoms with Gasteiger partial charge in [-0.15, -0.1) is 35.8 Å². The van der Waals surface area contributed by atoms with Crippen LogP contribution in [0.2, 0.25) is 0 Å². The molecule has 0 aromatic rings. The first-order valence-electron chi connectivity index (χ1n) is 13.0. The van der Waals surface area contributed by atoms with Gasteiger partial charge in [-0.2, -0.15) is 0 Å². The maximum atomic E-state index is 13.4. The number of carbonyl (C=O) groups is 4. The number of amides is 2. The Morgan fingerprint density at radius 2 is 1.57 bits per heavy atom. The molecule has 16 heteroatoms. The number of esters is 2. The lowest BCUT2D eigenvalue weighted by Gasteiger charge is -2.41. The minimum Gasteiger partial charge on any atom is -0.426 e. The molecular weight excluding hydrogens is 607 g/mol. The summed E-state index contributed by atoms with van der Waals surface area (Å²) in [6.07, 6.45) is 5.80. The minimum atomic E-state index is -3.98. The molecule has 0 aromatic carbocycles. The zero-order valence-electron chi connectivity index (χ0n) is 22.6. The fraction of sp³-hybridized carbons (Fsp3) is 0.792. The summed E-state index contributed by atoms with van der Waals surface area (Å²) in [6, 6.07) is -3.45. The lowest BCUT2D eigenvalue weighted by atomic mass is 9.96. The molecule has 224 valence electrons. The average molecular weight is 642 g/mol. The number of sulfone groups is 1. The van der Waals surface area contributed by atoms with Crippen LogP contribution in [0.5, 0.6) is 0 Å². The highest BCUT2D eigenvalue weighted by molar-refractivity contribution is 8.01. The molecule has 5 fully saturated rings. The van der Waals surface area contributed by atoms with Gasteiger partial charge in [-0.05, 0) is 40.5 Å². The van der Waals surface area contributed by atoms with E-state index in [0.717, 1.165) is 43.7 Å². The standard InChI is InChI=1S/C24H33ClN4O8S2.ClH/c1-23(2)15(28-17(30)13(25)19(28)38-23)21(32)36-12-37-22(33)16-24(3,4)39(34,35)20-14(18(31)29(16)20)26-11-27-9-7-5-6-8-10-27;/h11,13-16,19-20H,5-10,12H2,1-4H3;1H/t13-,14+,15-,16-,19+,20+;/m0./s1. The van der Waals surface area contributed by atoms with Crippen LogP contribution in [-0.4, -0.2) is 117 Å². The largest absolute Gasteiger partial charge is 0.426 e. The normalized spacial score (nSPS) is 35.2. The van der Waals surface area contributed by atoms with Crippen LogP contribution in [0.3, 0.4) is 0 Å². The first kappa shape index (κ1) is 31.2. The summed E-state index contributed by atoms with van der Waals surface area (Å²) >= 11 is 7.45. The van der Waals surface area contributed by atoms with Gasteiger partial charge in [0.15, 0.2) is 21.3 Å². The number of carbonyl (C=O) groups excluding carboxylic acids is 4. The van der Waals surface area contributed by atoms with Crippen molar-refractivity contribution >= 4 is 75.7 Å². The zero-order valence-corrected chi connectivity index (χ0v) is 25.9. The van der Waals surface area contributed by atoms with Crippen LogP contribution in [0.25, 0.3) is 0 Å². The molecule has 2 amide bonds. The van der Waals surface area contributed by atoms with E-state index in [2.05, 4.69) is 4.99 Å². The number of nitrogens with zero attached hydrogens (tertiary/aromatic N) is 4. The van der Waals surface area contributed by atoms with Gasteiger partial charge in [0.2, 0.25) is 12.7 Å². The summed E-state index contributed by atoms with van der Waals surface area (Å²) in [4.78, 5) is 59.8. The molecule has 0 radical (unpaired) electrons. The van der Waals surface area contributed by atoms with Gasteiger partial charge in [0.1, 0.15) is 27.6 Å². The number of hydrogen-bond acceptors (Lipinski definition) is 10. The summed E-state index contributed by atoms with van der Waals surface area (Å²) in [5.41, 5.74) is 0. The SMILES string of the molecule is CC1(C)S[C@@H]2[C@@H](Cl)C(=O)N2[C@H]1C(=O)OCOC(=O)[C@@H]1N2C(=O)[C@@H](N=CN3CCCCCC3)[C@H]2S(=O)(=O)C1(C)C.Cl. The molecule has 5 rings (SSSR count). The third kappa shape index (κ3) is 4.66. The second-order valence-corrected chi connectivity index (χ2v) is 16.4. The van der Waals surface area contributed by atoms with Crippen molar-refractivity contribution in [1.82, 2.24) is 14.7 Å². The van der Waals surface area contributed by atoms with Crippen molar-refractivity contribution in [3.05, 3.63) is 0 Å². The number of likely N-dealkylation sites (tertiary alicyclic amines) is 1. The molecular formula is C24H34Cl2N4O8S2. The van der Waals surface area contributed by atoms with Crippen molar-refractivity contribution in [3.63, 3.8) is 0 Å². The van der Waals surface area contributed by atoms with Gasteiger partial charge in [-0.1, -0.05) is 12.8 Å². The minimum absolute atomic E-state index is 0. The van der Waals surface area contributed by atoms with Crippen molar-refractivity contribution in [3.8, 4) is 0 Å².